The Morgan fingerprint density at radius 3 is 2.07 bits per heavy atom. The van der Waals surface area contributed by atoms with Gasteiger partial charge in [-0.3, -0.25) is 0 Å². The summed E-state index contributed by atoms with van der Waals surface area (Å²) in [5, 5.41) is 11.4. The number of oxime groups is 1. The van der Waals surface area contributed by atoms with E-state index in [2.05, 4.69) is 5.16 Å². The highest BCUT2D eigenvalue weighted by Gasteiger charge is 2.05. The van der Waals surface area contributed by atoms with Crippen molar-refractivity contribution in [3.05, 3.63) is 23.8 Å². The van der Waals surface area contributed by atoms with Crippen LogP contribution in [0.15, 0.2) is 23.4 Å². The Labute approximate surface area is 86.7 Å². The Balaban J connectivity index is 3.17. The highest BCUT2D eigenvalue weighted by atomic mass is 35.5. The van der Waals surface area contributed by atoms with Gasteiger partial charge in [-0.15, -0.1) is 0 Å². The van der Waals surface area contributed by atoms with Crippen LogP contribution < -0.4 is 9.47 Å². The first-order chi connectivity index (χ1) is 6.71. The third-order valence-corrected chi connectivity index (χ3v) is 1.97. The molecule has 0 aliphatic rings. The molecule has 0 aliphatic heterocycles. The second-order valence-corrected chi connectivity index (χ2v) is 2.85. The molecule has 0 radical (unpaired) electrons. The summed E-state index contributed by atoms with van der Waals surface area (Å²) in [7, 11) is 3.06. The molecule has 5 heteroatoms. The number of nitrogens with zero attached hydrogens (tertiary/aromatic N) is 1. The van der Waals surface area contributed by atoms with E-state index in [1.54, 1.807) is 18.2 Å². The second kappa shape index (κ2) is 4.72. The van der Waals surface area contributed by atoms with Crippen molar-refractivity contribution in [2.45, 2.75) is 0 Å². The van der Waals surface area contributed by atoms with Crippen molar-refractivity contribution in [2.75, 3.05) is 14.2 Å². The van der Waals surface area contributed by atoms with Gasteiger partial charge in [0.25, 0.3) is 0 Å². The lowest BCUT2D eigenvalue weighted by Gasteiger charge is -2.06. The van der Waals surface area contributed by atoms with Gasteiger partial charge in [0.1, 0.15) is 11.5 Å². The number of methoxy groups -OCH3 is 2. The fraction of sp³-hybridized carbons (Fsp3) is 0.222. The third kappa shape index (κ3) is 2.29. The Kier molecular flexibility index (Phi) is 3.59. The van der Waals surface area contributed by atoms with Crippen LogP contribution in [0, 0.1) is 0 Å². The zero-order valence-electron chi connectivity index (χ0n) is 7.82. The second-order valence-electron chi connectivity index (χ2n) is 2.49. The molecule has 0 aliphatic carbocycles. The fourth-order valence-electron chi connectivity index (χ4n) is 0.984. The normalized spacial score (nSPS) is 11.2. The third-order valence-electron chi connectivity index (χ3n) is 1.68. The molecule has 1 rings (SSSR count). The van der Waals surface area contributed by atoms with E-state index in [-0.39, 0.29) is 5.17 Å². The minimum absolute atomic E-state index is 0.0119. The van der Waals surface area contributed by atoms with Crippen LogP contribution in [0.2, 0.25) is 0 Å². The summed E-state index contributed by atoms with van der Waals surface area (Å²) in [5.74, 6) is 1.17. The maximum atomic E-state index is 8.49. The van der Waals surface area contributed by atoms with E-state index in [1.807, 2.05) is 0 Å². The summed E-state index contributed by atoms with van der Waals surface area (Å²) in [6.45, 7) is 0. The van der Waals surface area contributed by atoms with Gasteiger partial charge in [0.15, 0.2) is 5.17 Å². The van der Waals surface area contributed by atoms with E-state index in [0.29, 0.717) is 17.1 Å². The number of ether oxygens (including phenoxy) is 2. The Hall–Kier alpha value is -1.42. The molecule has 0 saturated carbocycles. The van der Waals surface area contributed by atoms with Crippen molar-refractivity contribution in [1.29, 1.82) is 0 Å². The average molecular weight is 216 g/mol. The molecular weight excluding hydrogens is 206 g/mol. The van der Waals surface area contributed by atoms with Gasteiger partial charge in [-0.25, -0.2) is 0 Å². The van der Waals surface area contributed by atoms with Crippen molar-refractivity contribution < 1.29 is 14.7 Å². The van der Waals surface area contributed by atoms with Crippen LogP contribution in [0.1, 0.15) is 5.56 Å². The Bertz CT molecular complexity index is 330. The van der Waals surface area contributed by atoms with Crippen LogP contribution in [0.25, 0.3) is 0 Å². The number of benzene rings is 1. The van der Waals surface area contributed by atoms with Gasteiger partial charge in [0, 0.05) is 11.6 Å². The molecule has 1 N–H and O–H groups in total. The smallest absolute Gasteiger partial charge is 0.175 e. The molecule has 0 aromatic heterocycles. The molecule has 1 aromatic rings. The van der Waals surface area contributed by atoms with Gasteiger partial charge in [0.2, 0.25) is 0 Å². The quantitative estimate of drug-likeness (QED) is 0.477. The molecule has 0 unspecified atom stereocenters. The van der Waals surface area contributed by atoms with Crippen molar-refractivity contribution in [2.24, 2.45) is 5.16 Å². The molecule has 0 saturated heterocycles. The maximum Gasteiger partial charge on any atom is 0.175 e. The fourth-order valence-corrected chi connectivity index (χ4v) is 1.09. The minimum Gasteiger partial charge on any atom is -0.497 e. The first-order valence-electron chi connectivity index (χ1n) is 3.82. The van der Waals surface area contributed by atoms with E-state index in [0.717, 1.165) is 0 Å². The molecule has 0 fully saturated rings. The summed E-state index contributed by atoms with van der Waals surface area (Å²) in [6, 6.07) is 4.99. The lowest BCUT2D eigenvalue weighted by molar-refractivity contribution is 0.320. The van der Waals surface area contributed by atoms with Crippen LogP contribution in [0.5, 0.6) is 11.5 Å². The molecule has 0 heterocycles. The summed E-state index contributed by atoms with van der Waals surface area (Å²) in [5.41, 5.74) is 0.533. The molecule has 14 heavy (non-hydrogen) atoms. The largest absolute Gasteiger partial charge is 0.497 e. The van der Waals surface area contributed by atoms with Crippen LogP contribution in [-0.4, -0.2) is 24.6 Å². The van der Waals surface area contributed by atoms with Gasteiger partial charge in [-0.1, -0.05) is 16.8 Å². The van der Waals surface area contributed by atoms with Crippen LogP contribution in [0.4, 0.5) is 0 Å². The number of rotatable bonds is 3. The molecule has 4 nitrogen and oxygen atoms in total. The molecule has 76 valence electrons. The summed E-state index contributed by atoms with van der Waals surface area (Å²) in [4.78, 5) is 0. The van der Waals surface area contributed by atoms with E-state index in [9.17, 15) is 0 Å². The number of halogens is 1. The zero-order valence-corrected chi connectivity index (χ0v) is 8.58. The first kappa shape index (κ1) is 10.7. The number of hydrogen-bond donors (Lipinski definition) is 1. The van der Waals surface area contributed by atoms with Crippen molar-refractivity contribution in [3.63, 3.8) is 0 Å². The molecule has 0 bridgehead atoms. The Morgan fingerprint density at radius 2 is 1.71 bits per heavy atom. The lowest BCUT2D eigenvalue weighted by atomic mass is 10.2. The van der Waals surface area contributed by atoms with E-state index >= 15 is 0 Å². The predicted octanol–water partition coefficient (Wildman–Crippen LogP) is 2.08. The van der Waals surface area contributed by atoms with Gasteiger partial charge in [-0.05, 0) is 12.1 Å². The van der Waals surface area contributed by atoms with E-state index in [4.69, 9.17) is 26.3 Å². The molecule has 0 atom stereocenters. The van der Waals surface area contributed by atoms with Gasteiger partial charge in [-0.2, -0.15) is 0 Å². The summed E-state index contributed by atoms with van der Waals surface area (Å²) >= 11 is 5.64. The minimum atomic E-state index is -0.0119. The summed E-state index contributed by atoms with van der Waals surface area (Å²) < 4.78 is 10.0. The first-order valence-corrected chi connectivity index (χ1v) is 4.20. The average Bonchev–Trinajstić information content (AvgIpc) is 2.27. The van der Waals surface area contributed by atoms with Gasteiger partial charge in [0.05, 0.1) is 14.2 Å². The highest BCUT2D eigenvalue weighted by Crippen LogP contribution is 2.23. The number of hydrogen-bond acceptors (Lipinski definition) is 4. The van der Waals surface area contributed by atoms with E-state index < -0.39 is 0 Å². The highest BCUT2D eigenvalue weighted by molar-refractivity contribution is 6.69. The van der Waals surface area contributed by atoms with Crippen LogP contribution in [-0.2, 0) is 0 Å². The molecule has 0 amide bonds. The predicted molar refractivity (Wildman–Crippen MR) is 53.7 cm³/mol. The van der Waals surface area contributed by atoms with Crippen molar-refractivity contribution >= 4 is 16.8 Å². The van der Waals surface area contributed by atoms with Crippen LogP contribution in [0.3, 0.4) is 0 Å². The molecular formula is C9H10ClNO3. The van der Waals surface area contributed by atoms with Crippen molar-refractivity contribution in [3.8, 4) is 11.5 Å². The molecule has 1 aromatic carbocycles. The van der Waals surface area contributed by atoms with Crippen molar-refractivity contribution in [1.82, 2.24) is 0 Å². The van der Waals surface area contributed by atoms with Crippen LogP contribution >= 0.6 is 11.6 Å². The van der Waals surface area contributed by atoms with Gasteiger partial charge >= 0.3 is 0 Å². The zero-order chi connectivity index (χ0) is 10.6. The summed E-state index contributed by atoms with van der Waals surface area (Å²) in [6.07, 6.45) is 0. The topological polar surface area (TPSA) is 51.0 Å². The maximum absolute atomic E-state index is 8.49. The Morgan fingerprint density at radius 1 is 1.21 bits per heavy atom. The molecule has 0 spiro atoms. The SMILES string of the molecule is COc1cc(OC)cc(C(Cl)=NO)c1. The van der Waals surface area contributed by atoms with Gasteiger partial charge < -0.3 is 14.7 Å². The monoisotopic (exact) mass is 215 g/mol. The standard InChI is InChI=1S/C9H10ClNO3/c1-13-7-3-6(9(10)11-12)4-8(5-7)14-2/h3-5,12H,1-2H3. The lowest BCUT2D eigenvalue weighted by Crippen LogP contribution is -1.95. The van der Waals surface area contributed by atoms with E-state index in [1.165, 1.54) is 14.2 Å².